The molecule has 1 aliphatic rings. The molecule has 0 bridgehead atoms. The van der Waals surface area contributed by atoms with Crippen molar-refractivity contribution in [1.29, 1.82) is 0 Å². The third-order valence-corrected chi connectivity index (χ3v) is 4.03. The van der Waals surface area contributed by atoms with E-state index in [9.17, 15) is 4.79 Å². The molecule has 1 aliphatic heterocycles. The van der Waals surface area contributed by atoms with E-state index in [4.69, 9.17) is 23.2 Å². The highest BCUT2D eigenvalue weighted by atomic mass is 35.5. The van der Waals surface area contributed by atoms with Gasteiger partial charge in [-0.15, -0.1) is 0 Å². The van der Waals surface area contributed by atoms with Gasteiger partial charge >= 0.3 is 0 Å². The molecule has 1 heterocycles. The van der Waals surface area contributed by atoms with E-state index in [0.29, 0.717) is 22.4 Å². The van der Waals surface area contributed by atoms with Gasteiger partial charge < -0.3 is 5.32 Å². The number of carbonyl (C=O) groups excluding carboxylic acids is 1. The summed E-state index contributed by atoms with van der Waals surface area (Å²) in [4.78, 5) is 12.1. The van der Waals surface area contributed by atoms with Crippen LogP contribution in [0.1, 0.15) is 12.5 Å². The first-order valence-corrected chi connectivity index (χ1v) is 6.51. The number of hydrogen-bond acceptors (Lipinski definition) is 2. The molecular formula is C13H15Cl2NO. The maximum atomic E-state index is 12.1. The smallest absolute Gasteiger partial charge is 0.141 e. The van der Waals surface area contributed by atoms with Gasteiger partial charge in [-0.1, -0.05) is 36.2 Å². The summed E-state index contributed by atoms with van der Waals surface area (Å²) in [7, 11) is 0. The minimum atomic E-state index is 0.129. The van der Waals surface area contributed by atoms with Gasteiger partial charge in [0.1, 0.15) is 5.78 Å². The first-order valence-electron chi connectivity index (χ1n) is 5.75. The molecule has 2 nitrogen and oxygen atoms in total. The zero-order chi connectivity index (χ0) is 12.4. The Labute approximate surface area is 111 Å². The van der Waals surface area contributed by atoms with Crippen LogP contribution in [-0.2, 0) is 11.2 Å². The third-order valence-electron chi connectivity index (χ3n) is 3.29. The number of ketones is 1. The van der Waals surface area contributed by atoms with Gasteiger partial charge in [0.25, 0.3) is 0 Å². The summed E-state index contributed by atoms with van der Waals surface area (Å²) in [5, 5.41) is 4.28. The highest BCUT2D eigenvalue weighted by Crippen LogP contribution is 2.24. The van der Waals surface area contributed by atoms with Crippen LogP contribution < -0.4 is 5.32 Å². The molecule has 1 saturated heterocycles. The zero-order valence-electron chi connectivity index (χ0n) is 9.67. The average Bonchev–Trinajstić information content (AvgIpc) is 2.70. The Hall–Kier alpha value is -0.570. The van der Waals surface area contributed by atoms with Crippen LogP contribution in [0.25, 0.3) is 0 Å². The molecule has 17 heavy (non-hydrogen) atoms. The van der Waals surface area contributed by atoms with Crippen molar-refractivity contribution < 1.29 is 4.79 Å². The Morgan fingerprint density at radius 2 is 2.12 bits per heavy atom. The highest BCUT2D eigenvalue weighted by Gasteiger charge is 2.29. The Morgan fingerprint density at radius 1 is 1.35 bits per heavy atom. The van der Waals surface area contributed by atoms with Crippen molar-refractivity contribution in [3.8, 4) is 0 Å². The van der Waals surface area contributed by atoms with E-state index in [1.165, 1.54) is 0 Å². The Bertz CT molecular complexity index is 433. The number of carbonyl (C=O) groups is 1. The van der Waals surface area contributed by atoms with Gasteiger partial charge in [-0.2, -0.15) is 0 Å². The monoisotopic (exact) mass is 271 g/mol. The van der Waals surface area contributed by atoms with Crippen LogP contribution in [0.3, 0.4) is 0 Å². The van der Waals surface area contributed by atoms with Gasteiger partial charge in [-0.25, -0.2) is 0 Å². The van der Waals surface area contributed by atoms with Gasteiger partial charge in [0.05, 0.1) is 10.0 Å². The van der Waals surface area contributed by atoms with Crippen LogP contribution >= 0.6 is 23.2 Å². The highest BCUT2D eigenvalue weighted by molar-refractivity contribution is 6.42. The molecule has 4 heteroatoms. The topological polar surface area (TPSA) is 29.1 Å². The SMILES string of the molecule is CC1CNCC1C(=O)Cc1ccc(Cl)c(Cl)c1. The predicted molar refractivity (Wildman–Crippen MR) is 70.7 cm³/mol. The van der Waals surface area contributed by atoms with Crippen molar-refractivity contribution in [1.82, 2.24) is 5.32 Å². The van der Waals surface area contributed by atoms with E-state index >= 15 is 0 Å². The van der Waals surface area contributed by atoms with Gasteiger partial charge in [0.15, 0.2) is 0 Å². The van der Waals surface area contributed by atoms with Crippen LogP contribution in [0.5, 0.6) is 0 Å². The zero-order valence-corrected chi connectivity index (χ0v) is 11.2. The van der Waals surface area contributed by atoms with E-state index < -0.39 is 0 Å². The maximum absolute atomic E-state index is 12.1. The Balaban J connectivity index is 2.05. The minimum Gasteiger partial charge on any atom is -0.316 e. The molecule has 92 valence electrons. The molecule has 0 saturated carbocycles. The first-order chi connectivity index (χ1) is 8.08. The lowest BCUT2D eigenvalue weighted by atomic mass is 9.90. The molecule has 1 fully saturated rings. The van der Waals surface area contributed by atoms with E-state index in [2.05, 4.69) is 12.2 Å². The standard InChI is InChI=1S/C13H15Cl2NO/c1-8-6-16-7-10(8)13(17)5-9-2-3-11(14)12(15)4-9/h2-4,8,10,16H,5-7H2,1H3. The molecule has 0 aliphatic carbocycles. The minimum absolute atomic E-state index is 0.129. The summed E-state index contributed by atoms with van der Waals surface area (Å²) in [5.74, 6) is 0.829. The Morgan fingerprint density at radius 3 is 2.71 bits per heavy atom. The molecule has 2 rings (SSSR count). The van der Waals surface area contributed by atoms with Crippen molar-refractivity contribution >= 4 is 29.0 Å². The van der Waals surface area contributed by atoms with Crippen LogP contribution in [0.15, 0.2) is 18.2 Å². The Kier molecular flexibility index (Phi) is 4.08. The lowest BCUT2D eigenvalue weighted by Crippen LogP contribution is -2.23. The third kappa shape index (κ3) is 3.01. The van der Waals surface area contributed by atoms with E-state index in [0.717, 1.165) is 18.7 Å². The molecule has 1 N–H and O–H groups in total. The number of rotatable bonds is 3. The molecule has 2 unspecified atom stereocenters. The molecule has 1 aromatic rings. The second-order valence-corrected chi connectivity index (χ2v) is 5.45. The first kappa shape index (κ1) is 12.9. The van der Waals surface area contributed by atoms with Gasteiger partial charge in [0, 0.05) is 18.9 Å². The van der Waals surface area contributed by atoms with Crippen LogP contribution in [0, 0.1) is 11.8 Å². The molecule has 0 radical (unpaired) electrons. The quantitative estimate of drug-likeness (QED) is 0.916. The van der Waals surface area contributed by atoms with E-state index in [1.54, 1.807) is 12.1 Å². The van der Waals surface area contributed by atoms with Crippen LogP contribution in [0.2, 0.25) is 10.0 Å². The van der Waals surface area contributed by atoms with Crippen LogP contribution in [-0.4, -0.2) is 18.9 Å². The molecule has 0 aromatic heterocycles. The van der Waals surface area contributed by atoms with Gasteiger partial charge in [0.2, 0.25) is 0 Å². The van der Waals surface area contributed by atoms with Gasteiger partial charge in [-0.3, -0.25) is 4.79 Å². The van der Waals surface area contributed by atoms with Crippen molar-refractivity contribution in [2.75, 3.05) is 13.1 Å². The summed E-state index contributed by atoms with van der Waals surface area (Å²) in [5.41, 5.74) is 0.934. The summed E-state index contributed by atoms with van der Waals surface area (Å²) in [6.07, 6.45) is 0.438. The predicted octanol–water partition coefficient (Wildman–Crippen LogP) is 2.96. The number of benzene rings is 1. The van der Waals surface area contributed by atoms with Crippen LogP contribution in [0.4, 0.5) is 0 Å². The molecule has 1 aromatic carbocycles. The number of Topliss-reactive ketones (excluding diaryl/α,β-unsaturated/α-hetero) is 1. The van der Waals surface area contributed by atoms with E-state index in [-0.39, 0.29) is 11.7 Å². The van der Waals surface area contributed by atoms with E-state index in [1.807, 2.05) is 6.07 Å². The summed E-state index contributed by atoms with van der Waals surface area (Å²) in [6.45, 7) is 3.83. The van der Waals surface area contributed by atoms with Crippen molar-refractivity contribution in [2.45, 2.75) is 13.3 Å². The number of halogens is 2. The lowest BCUT2D eigenvalue weighted by Gasteiger charge is -2.12. The maximum Gasteiger partial charge on any atom is 0.141 e. The number of hydrogen-bond donors (Lipinski definition) is 1. The fourth-order valence-corrected chi connectivity index (χ4v) is 2.54. The number of nitrogens with one attached hydrogen (secondary N) is 1. The normalized spacial score (nSPS) is 23.9. The van der Waals surface area contributed by atoms with Crippen molar-refractivity contribution in [3.63, 3.8) is 0 Å². The summed E-state index contributed by atoms with van der Waals surface area (Å²) >= 11 is 11.8. The molecule has 0 amide bonds. The second kappa shape index (κ2) is 5.38. The van der Waals surface area contributed by atoms with Crippen molar-refractivity contribution in [3.05, 3.63) is 33.8 Å². The van der Waals surface area contributed by atoms with Crippen molar-refractivity contribution in [2.24, 2.45) is 11.8 Å². The largest absolute Gasteiger partial charge is 0.316 e. The summed E-state index contributed by atoms with van der Waals surface area (Å²) < 4.78 is 0. The molecule has 2 atom stereocenters. The fraction of sp³-hybridized carbons (Fsp3) is 0.462. The second-order valence-electron chi connectivity index (χ2n) is 4.63. The average molecular weight is 272 g/mol. The molecule has 0 spiro atoms. The molecular weight excluding hydrogens is 257 g/mol. The fourth-order valence-electron chi connectivity index (χ4n) is 2.22. The lowest BCUT2D eigenvalue weighted by molar-refractivity contribution is -0.122. The summed E-state index contributed by atoms with van der Waals surface area (Å²) in [6, 6.07) is 5.37. The van der Waals surface area contributed by atoms with Gasteiger partial charge in [-0.05, 0) is 30.2 Å².